The Balaban J connectivity index is 2.02. The van der Waals surface area contributed by atoms with Crippen LogP contribution in [0.4, 0.5) is 0 Å². The third-order valence-electron chi connectivity index (χ3n) is 4.55. The van der Waals surface area contributed by atoms with Crippen molar-refractivity contribution in [1.82, 2.24) is 10.2 Å². The van der Waals surface area contributed by atoms with Gasteiger partial charge in [-0.05, 0) is 56.5 Å². The average molecular weight is 290 g/mol. The maximum Gasteiger partial charge on any atom is 0.118 e. The number of likely N-dealkylation sites (N-methyl/N-ethyl adjacent to an activating group) is 1. The Morgan fingerprint density at radius 3 is 2.24 bits per heavy atom. The lowest BCUT2D eigenvalue weighted by Gasteiger charge is -2.30. The third-order valence-corrected chi connectivity index (χ3v) is 4.55. The Morgan fingerprint density at radius 1 is 1.19 bits per heavy atom. The number of hydrogen-bond acceptors (Lipinski definition) is 3. The van der Waals surface area contributed by atoms with Gasteiger partial charge in [0.25, 0.3) is 0 Å². The third kappa shape index (κ3) is 4.45. The van der Waals surface area contributed by atoms with Gasteiger partial charge in [0.15, 0.2) is 0 Å². The predicted octanol–water partition coefficient (Wildman–Crippen LogP) is 3.32. The molecule has 2 rings (SSSR count). The molecule has 0 radical (unpaired) electrons. The summed E-state index contributed by atoms with van der Waals surface area (Å²) < 4.78 is 5.26. The first-order valence-electron chi connectivity index (χ1n) is 8.06. The smallest absolute Gasteiger partial charge is 0.118 e. The molecule has 1 aliphatic rings. The fraction of sp³-hybridized carbons (Fsp3) is 0.667. The number of hydrogen-bond donors (Lipinski definition) is 1. The van der Waals surface area contributed by atoms with Gasteiger partial charge in [-0.15, -0.1) is 0 Å². The van der Waals surface area contributed by atoms with Gasteiger partial charge >= 0.3 is 0 Å². The van der Waals surface area contributed by atoms with E-state index in [1.807, 2.05) is 0 Å². The molecule has 1 N–H and O–H groups in total. The zero-order chi connectivity index (χ0) is 15.4. The first kappa shape index (κ1) is 16.3. The fourth-order valence-corrected chi connectivity index (χ4v) is 3.06. The number of rotatable bonds is 8. The minimum atomic E-state index is 0.483. The van der Waals surface area contributed by atoms with Crippen molar-refractivity contribution in [1.29, 1.82) is 0 Å². The van der Waals surface area contributed by atoms with Gasteiger partial charge in [0.1, 0.15) is 5.75 Å². The zero-order valence-electron chi connectivity index (χ0n) is 14.1. The van der Waals surface area contributed by atoms with Crippen LogP contribution in [-0.4, -0.2) is 38.7 Å². The van der Waals surface area contributed by atoms with Crippen LogP contribution in [0.1, 0.15) is 38.3 Å². The molecule has 2 atom stereocenters. The Morgan fingerprint density at radius 2 is 1.81 bits per heavy atom. The summed E-state index contributed by atoms with van der Waals surface area (Å²) in [4.78, 5) is 2.33. The molecular weight excluding hydrogens is 260 g/mol. The second-order valence-corrected chi connectivity index (χ2v) is 6.77. The summed E-state index contributed by atoms with van der Waals surface area (Å²) in [6.45, 7) is 5.63. The van der Waals surface area contributed by atoms with Crippen molar-refractivity contribution in [3.05, 3.63) is 29.8 Å². The molecule has 0 aromatic heterocycles. The topological polar surface area (TPSA) is 24.5 Å². The standard InChI is InChI=1S/C18H30N2O/c1-13(2)17(20(3)4)12-19-18(14-6-7-14)15-8-10-16(21-5)11-9-15/h8-11,13-14,17-19H,6-7,12H2,1-5H3. The van der Waals surface area contributed by atoms with Gasteiger partial charge in [-0.25, -0.2) is 0 Å². The van der Waals surface area contributed by atoms with E-state index in [1.54, 1.807) is 7.11 Å². The molecule has 0 saturated heterocycles. The fourth-order valence-electron chi connectivity index (χ4n) is 3.06. The highest BCUT2D eigenvalue weighted by Crippen LogP contribution is 2.41. The van der Waals surface area contributed by atoms with E-state index in [-0.39, 0.29) is 0 Å². The van der Waals surface area contributed by atoms with E-state index in [4.69, 9.17) is 4.74 Å². The van der Waals surface area contributed by atoms with Crippen molar-refractivity contribution >= 4 is 0 Å². The predicted molar refractivity (Wildman–Crippen MR) is 88.8 cm³/mol. The van der Waals surface area contributed by atoms with Crippen LogP contribution in [0.25, 0.3) is 0 Å². The molecule has 1 aliphatic carbocycles. The van der Waals surface area contributed by atoms with Gasteiger partial charge in [-0.2, -0.15) is 0 Å². The first-order valence-corrected chi connectivity index (χ1v) is 8.06. The van der Waals surface area contributed by atoms with E-state index in [0.29, 0.717) is 18.0 Å². The number of nitrogens with one attached hydrogen (secondary N) is 1. The molecule has 0 amide bonds. The maximum absolute atomic E-state index is 5.26. The second-order valence-electron chi connectivity index (χ2n) is 6.77. The molecule has 0 heterocycles. The molecule has 1 aromatic rings. The Kier molecular flexibility index (Phi) is 5.65. The molecule has 1 aromatic carbocycles. The van der Waals surface area contributed by atoms with E-state index >= 15 is 0 Å². The Hall–Kier alpha value is -1.06. The number of benzene rings is 1. The molecule has 21 heavy (non-hydrogen) atoms. The summed E-state index contributed by atoms with van der Waals surface area (Å²) in [7, 11) is 6.06. The van der Waals surface area contributed by atoms with Crippen molar-refractivity contribution in [2.75, 3.05) is 27.7 Å². The number of methoxy groups -OCH3 is 1. The van der Waals surface area contributed by atoms with E-state index < -0.39 is 0 Å². The Labute approximate surface area is 129 Å². The van der Waals surface area contributed by atoms with Crippen LogP contribution < -0.4 is 10.1 Å². The molecule has 1 saturated carbocycles. The van der Waals surface area contributed by atoms with Crippen LogP contribution in [0, 0.1) is 11.8 Å². The monoisotopic (exact) mass is 290 g/mol. The van der Waals surface area contributed by atoms with E-state index in [2.05, 4.69) is 62.4 Å². The first-order chi connectivity index (χ1) is 10.0. The van der Waals surface area contributed by atoms with Crippen LogP contribution in [-0.2, 0) is 0 Å². The van der Waals surface area contributed by atoms with E-state index in [9.17, 15) is 0 Å². The minimum absolute atomic E-state index is 0.483. The summed E-state index contributed by atoms with van der Waals surface area (Å²) >= 11 is 0. The quantitative estimate of drug-likeness (QED) is 0.795. The Bertz CT molecular complexity index is 415. The lowest BCUT2D eigenvalue weighted by molar-refractivity contribution is 0.216. The molecule has 2 unspecified atom stereocenters. The average Bonchev–Trinajstić information content (AvgIpc) is 3.27. The van der Waals surface area contributed by atoms with E-state index in [0.717, 1.165) is 18.2 Å². The lowest BCUT2D eigenvalue weighted by atomic mass is 9.99. The largest absolute Gasteiger partial charge is 0.497 e. The lowest BCUT2D eigenvalue weighted by Crippen LogP contribution is -2.43. The van der Waals surface area contributed by atoms with Gasteiger partial charge in [-0.1, -0.05) is 26.0 Å². The molecular formula is C18H30N2O. The summed E-state index contributed by atoms with van der Waals surface area (Å²) in [5.74, 6) is 2.39. The van der Waals surface area contributed by atoms with Crippen LogP contribution in [0.5, 0.6) is 5.75 Å². The highest BCUT2D eigenvalue weighted by atomic mass is 16.5. The molecule has 0 aliphatic heterocycles. The van der Waals surface area contributed by atoms with Crippen molar-refractivity contribution in [2.24, 2.45) is 11.8 Å². The summed E-state index contributed by atoms with van der Waals surface area (Å²) in [6.07, 6.45) is 2.69. The van der Waals surface area contributed by atoms with Gasteiger partial charge in [-0.3, -0.25) is 0 Å². The van der Waals surface area contributed by atoms with Crippen LogP contribution in [0.15, 0.2) is 24.3 Å². The van der Waals surface area contributed by atoms with Gasteiger partial charge in [0.2, 0.25) is 0 Å². The number of nitrogens with zero attached hydrogens (tertiary/aromatic N) is 1. The number of ether oxygens (including phenoxy) is 1. The molecule has 0 bridgehead atoms. The van der Waals surface area contributed by atoms with Gasteiger partial charge in [0, 0.05) is 18.6 Å². The van der Waals surface area contributed by atoms with Crippen molar-refractivity contribution in [2.45, 2.75) is 38.8 Å². The van der Waals surface area contributed by atoms with Crippen molar-refractivity contribution < 1.29 is 4.74 Å². The van der Waals surface area contributed by atoms with Crippen LogP contribution >= 0.6 is 0 Å². The summed E-state index contributed by atoms with van der Waals surface area (Å²) in [6, 6.07) is 9.60. The van der Waals surface area contributed by atoms with Crippen molar-refractivity contribution in [3.63, 3.8) is 0 Å². The van der Waals surface area contributed by atoms with E-state index in [1.165, 1.54) is 18.4 Å². The molecule has 0 spiro atoms. The van der Waals surface area contributed by atoms with Crippen LogP contribution in [0.2, 0.25) is 0 Å². The molecule has 1 fully saturated rings. The summed E-state index contributed by atoms with van der Waals surface area (Å²) in [5.41, 5.74) is 1.39. The van der Waals surface area contributed by atoms with Gasteiger partial charge < -0.3 is 15.0 Å². The second kappa shape index (κ2) is 7.28. The van der Waals surface area contributed by atoms with Crippen molar-refractivity contribution in [3.8, 4) is 5.75 Å². The summed E-state index contributed by atoms with van der Waals surface area (Å²) in [5, 5.41) is 3.82. The minimum Gasteiger partial charge on any atom is -0.497 e. The molecule has 118 valence electrons. The SMILES string of the molecule is COc1ccc(C(NCC(C(C)C)N(C)C)C2CC2)cc1. The van der Waals surface area contributed by atoms with Gasteiger partial charge in [0.05, 0.1) is 7.11 Å². The highest BCUT2D eigenvalue weighted by molar-refractivity contribution is 5.30. The maximum atomic E-state index is 5.26. The zero-order valence-corrected chi connectivity index (χ0v) is 14.1. The van der Waals surface area contributed by atoms with Crippen LogP contribution in [0.3, 0.4) is 0 Å². The molecule has 3 heteroatoms. The molecule has 3 nitrogen and oxygen atoms in total. The highest BCUT2D eigenvalue weighted by Gasteiger charge is 2.32. The normalized spacial score (nSPS) is 18.0.